The Hall–Kier alpha value is -2.65. The van der Waals surface area contributed by atoms with Gasteiger partial charge in [-0.05, 0) is 23.6 Å². The number of amides is 1. The number of nitrogens with zero attached hydrogens (tertiary/aromatic N) is 1. The van der Waals surface area contributed by atoms with E-state index in [-0.39, 0.29) is 13.0 Å². The molecular formula is C15H12N2O3S. The van der Waals surface area contributed by atoms with Gasteiger partial charge in [-0.25, -0.2) is 0 Å². The fourth-order valence-corrected chi connectivity index (χ4v) is 2.32. The zero-order chi connectivity index (χ0) is 15.1. The number of para-hydroxylation sites is 1. The molecule has 6 heteroatoms. The van der Waals surface area contributed by atoms with E-state index >= 15 is 0 Å². The van der Waals surface area contributed by atoms with Crippen LogP contribution in [-0.4, -0.2) is 18.5 Å². The smallest absolute Gasteiger partial charge is 0.311 e. The van der Waals surface area contributed by atoms with Gasteiger partial charge in [0.2, 0.25) is 0 Å². The van der Waals surface area contributed by atoms with Gasteiger partial charge in [-0.2, -0.15) is 5.26 Å². The Morgan fingerprint density at radius 1 is 1.24 bits per heavy atom. The molecule has 1 N–H and O–H groups in total. The SMILES string of the molecule is N#Cc1ccccc1NC(=O)COC(=O)Cc1cccs1. The molecule has 0 radical (unpaired) electrons. The lowest BCUT2D eigenvalue weighted by Crippen LogP contribution is -2.21. The van der Waals surface area contributed by atoms with Gasteiger partial charge in [-0.15, -0.1) is 11.3 Å². The van der Waals surface area contributed by atoms with Crippen LogP contribution in [0.4, 0.5) is 5.69 Å². The Balaban J connectivity index is 1.82. The number of hydrogen-bond acceptors (Lipinski definition) is 5. The molecule has 0 aliphatic carbocycles. The van der Waals surface area contributed by atoms with Gasteiger partial charge in [0.05, 0.1) is 17.7 Å². The molecule has 1 amide bonds. The molecule has 0 aliphatic rings. The quantitative estimate of drug-likeness (QED) is 0.860. The van der Waals surface area contributed by atoms with Gasteiger partial charge in [0.25, 0.3) is 5.91 Å². The number of thiophene rings is 1. The highest BCUT2D eigenvalue weighted by molar-refractivity contribution is 7.10. The third kappa shape index (κ3) is 4.44. The number of carbonyl (C=O) groups excluding carboxylic acids is 2. The Labute approximate surface area is 125 Å². The van der Waals surface area contributed by atoms with E-state index in [4.69, 9.17) is 10.00 Å². The highest BCUT2D eigenvalue weighted by atomic mass is 32.1. The number of anilines is 1. The molecule has 0 spiro atoms. The van der Waals surface area contributed by atoms with Crippen molar-refractivity contribution in [2.45, 2.75) is 6.42 Å². The first-order chi connectivity index (χ1) is 10.2. The van der Waals surface area contributed by atoms with E-state index in [2.05, 4.69) is 5.32 Å². The molecule has 1 heterocycles. The number of carbonyl (C=O) groups is 2. The number of esters is 1. The van der Waals surface area contributed by atoms with Crippen molar-refractivity contribution in [3.63, 3.8) is 0 Å². The molecule has 0 unspecified atom stereocenters. The summed E-state index contributed by atoms with van der Waals surface area (Å²) in [6.07, 6.45) is 0.153. The third-order valence-corrected chi connectivity index (χ3v) is 3.46. The first-order valence-electron chi connectivity index (χ1n) is 6.16. The summed E-state index contributed by atoms with van der Waals surface area (Å²) in [7, 11) is 0. The van der Waals surface area contributed by atoms with Crippen LogP contribution in [0.15, 0.2) is 41.8 Å². The molecule has 21 heavy (non-hydrogen) atoms. The predicted octanol–water partition coefficient (Wildman–Crippen LogP) is 2.34. The monoisotopic (exact) mass is 300 g/mol. The van der Waals surface area contributed by atoms with Gasteiger partial charge in [0, 0.05) is 4.88 Å². The maximum Gasteiger partial charge on any atom is 0.311 e. The zero-order valence-electron chi connectivity index (χ0n) is 11.0. The van der Waals surface area contributed by atoms with Crippen LogP contribution < -0.4 is 5.32 Å². The van der Waals surface area contributed by atoms with Crippen molar-refractivity contribution in [2.75, 3.05) is 11.9 Å². The Kier molecular flexibility index (Phi) is 5.07. The lowest BCUT2D eigenvalue weighted by atomic mass is 10.2. The largest absolute Gasteiger partial charge is 0.455 e. The predicted molar refractivity (Wildman–Crippen MR) is 78.8 cm³/mol. The van der Waals surface area contributed by atoms with Crippen molar-refractivity contribution in [3.8, 4) is 6.07 Å². The second-order valence-electron chi connectivity index (χ2n) is 4.12. The number of nitriles is 1. The zero-order valence-corrected chi connectivity index (χ0v) is 11.9. The second-order valence-corrected chi connectivity index (χ2v) is 5.15. The van der Waals surface area contributed by atoms with Gasteiger partial charge >= 0.3 is 5.97 Å². The highest BCUT2D eigenvalue weighted by Gasteiger charge is 2.10. The molecule has 1 aromatic heterocycles. The normalized spacial score (nSPS) is 9.67. The maximum absolute atomic E-state index is 11.7. The van der Waals surface area contributed by atoms with Crippen LogP contribution in [-0.2, 0) is 20.7 Å². The minimum absolute atomic E-state index is 0.153. The van der Waals surface area contributed by atoms with Crippen molar-refractivity contribution < 1.29 is 14.3 Å². The van der Waals surface area contributed by atoms with E-state index in [1.54, 1.807) is 24.3 Å². The van der Waals surface area contributed by atoms with Crippen molar-refractivity contribution in [3.05, 3.63) is 52.2 Å². The first-order valence-corrected chi connectivity index (χ1v) is 7.04. The summed E-state index contributed by atoms with van der Waals surface area (Å²) in [5.74, 6) is -0.932. The fraction of sp³-hybridized carbons (Fsp3) is 0.133. The minimum atomic E-state index is -0.475. The molecule has 5 nitrogen and oxygen atoms in total. The Bertz CT molecular complexity index is 674. The van der Waals surface area contributed by atoms with Gasteiger partial charge in [0.15, 0.2) is 6.61 Å². The lowest BCUT2D eigenvalue weighted by molar-refractivity contribution is -0.146. The van der Waals surface area contributed by atoms with Crippen LogP contribution in [0.25, 0.3) is 0 Å². The Morgan fingerprint density at radius 3 is 2.76 bits per heavy atom. The standard InChI is InChI=1S/C15H12N2O3S/c16-9-11-4-1-2-6-13(11)17-14(18)10-20-15(19)8-12-5-3-7-21-12/h1-7H,8,10H2,(H,17,18). The summed E-state index contributed by atoms with van der Waals surface area (Å²) in [6.45, 7) is -0.371. The van der Waals surface area contributed by atoms with Crippen molar-refractivity contribution in [2.24, 2.45) is 0 Å². The second kappa shape index (κ2) is 7.22. The maximum atomic E-state index is 11.7. The summed E-state index contributed by atoms with van der Waals surface area (Å²) in [4.78, 5) is 24.1. The van der Waals surface area contributed by atoms with Crippen LogP contribution in [0.2, 0.25) is 0 Å². The molecule has 106 valence electrons. The molecule has 0 bridgehead atoms. The average Bonchev–Trinajstić information content (AvgIpc) is 2.98. The third-order valence-electron chi connectivity index (χ3n) is 2.58. The van der Waals surface area contributed by atoms with Gasteiger partial charge < -0.3 is 10.1 Å². The number of nitrogens with one attached hydrogen (secondary N) is 1. The molecule has 0 saturated heterocycles. The van der Waals surface area contributed by atoms with Crippen molar-refractivity contribution in [1.29, 1.82) is 5.26 Å². The molecule has 0 fully saturated rings. The van der Waals surface area contributed by atoms with Crippen LogP contribution >= 0.6 is 11.3 Å². The summed E-state index contributed by atoms with van der Waals surface area (Å²) < 4.78 is 4.90. The summed E-state index contributed by atoms with van der Waals surface area (Å²) in [5.41, 5.74) is 0.759. The number of benzene rings is 1. The van der Waals surface area contributed by atoms with E-state index in [0.717, 1.165) is 4.88 Å². The van der Waals surface area contributed by atoms with Gasteiger partial charge in [0.1, 0.15) is 6.07 Å². The molecule has 0 saturated carbocycles. The van der Waals surface area contributed by atoms with E-state index in [1.165, 1.54) is 11.3 Å². The molecule has 0 aliphatic heterocycles. The summed E-state index contributed by atoms with van der Waals surface area (Å²) in [5, 5.41) is 13.3. The highest BCUT2D eigenvalue weighted by Crippen LogP contribution is 2.13. The van der Waals surface area contributed by atoms with Crippen LogP contribution in [0.1, 0.15) is 10.4 Å². The summed E-state index contributed by atoms with van der Waals surface area (Å²) >= 11 is 1.46. The molecule has 1 aromatic carbocycles. The number of rotatable bonds is 5. The summed E-state index contributed by atoms with van der Waals surface area (Å²) in [6, 6.07) is 12.3. The molecule has 0 atom stereocenters. The van der Waals surface area contributed by atoms with E-state index in [1.807, 2.05) is 23.6 Å². The van der Waals surface area contributed by atoms with E-state index in [0.29, 0.717) is 11.3 Å². The van der Waals surface area contributed by atoms with E-state index in [9.17, 15) is 9.59 Å². The first kappa shape index (κ1) is 14.8. The van der Waals surface area contributed by atoms with Crippen LogP contribution in [0.5, 0.6) is 0 Å². The number of hydrogen-bond donors (Lipinski definition) is 1. The lowest BCUT2D eigenvalue weighted by Gasteiger charge is -2.07. The average molecular weight is 300 g/mol. The Morgan fingerprint density at radius 2 is 2.05 bits per heavy atom. The van der Waals surface area contributed by atoms with Crippen molar-refractivity contribution >= 4 is 28.9 Å². The van der Waals surface area contributed by atoms with Gasteiger partial charge in [-0.3, -0.25) is 9.59 Å². The topological polar surface area (TPSA) is 79.2 Å². The molecule has 2 aromatic rings. The molecular weight excluding hydrogens is 288 g/mol. The minimum Gasteiger partial charge on any atom is -0.455 e. The van der Waals surface area contributed by atoms with E-state index < -0.39 is 11.9 Å². The fourth-order valence-electron chi connectivity index (χ4n) is 1.63. The number of ether oxygens (including phenoxy) is 1. The van der Waals surface area contributed by atoms with Crippen LogP contribution in [0.3, 0.4) is 0 Å². The van der Waals surface area contributed by atoms with Gasteiger partial charge in [-0.1, -0.05) is 18.2 Å². The van der Waals surface area contributed by atoms with Crippen molar-refractivity contribution in [1.82, 2.24) is 0 Å². The molecule has 2 rings (SSSR count). The van der Waals surface area contributed by atoms with Crippen LogP contribution in [0, 0.1) is 11.3 Å².